The number of alkyl halides is 6. The van der Waals surface area contributed by atoms with Crippen molar-refractivity contribution < 1.29 is 0 Å². The highest BCUT2D eigenvalue weighted by molar-refractivity contribution is 6.37. The van der Waals surface area contributed by atoms with Gasteiger partial charge in [0.2, 0.25) is 0 Å². The molecule has 16 heavy (non-hydrogen) atoms. The van der Waals surface area contributed by atoms with E-state index in [0.717, 1.165) is 19.3 Å². The third-order valence-electron chi connectivity index (χ3n) is 2.22. The molecular weight excluding hydrogens is 333 g/mol. The number of halogens is 6. The highest BCUT2D eigenvalue weighted by atomic mass is 35.5. The van der Waals surface area contributed by atoms with E-state index >= 15 is 0 Å². The van der Waals surface area contributed by atoms with Crippen molar-refractivity contribution in [3.05, 3.63) is 0 Å². The van der Waals surface area contributed by atoms with Crippen LogP contribution < -0.4 is 0 Å². The lowest BCUT2D eigenvalue weighted by Gasteiger charge is -2.21. The van der Waals surface area contributed by atoms with Crippen molar-refractivity contribution in [2.75, 3.05) is 11.8 Å². The fourth-order valence-corrected chi connectivity index (χ4v) is 3.01. The Morgan fingerprint density at radius 2 is 1.44 bits per heavy atom. The lowest BCUT2D eigenvalue weighted by atomic mass is 10.1. The summed E-state index contributed by atoms with van der Waals surface area (Å²) in [4.78, 5) is 0. The van der Waals surface area contributed by atoms with Crippen LogP contribution in [-0.2, 0) is 0 Å². The van der Waals surface area contributed by atoms with E-state index in [-0.39, 0.29) is 27.4 Å². The van der Waals surface area contributed by atoms with Gasteiger partial charge in [0.25, 0.3) is 0 Å². The Morgan fingerprint density at radius 1 is 0.812 bits per heavy atom. The maximum Gasteiger partial charge on any atom is 0.0675 e. The minimum Gasteiger partial charge on any atom is -0.127 e. The van der Waals surface area contributed by atoms with Gasteiger partial charge in [-0.25, -0.2) is 0 Å². The molecule has 0 aliphatic rings. The van der Waals surface area contributed by atoms with E-state index in [1.807, 2.05) is 0 Å². The standard InChI is InChI=1S/C10H16Cl6/c11-4-2-1-3-7(13)5-8(14)10(16)9(15)6-12/h7-10H,1-6H2. The van der Waals surface area contributed by atoms with Crippen LogP contribution >= 0.6 is 69.6 Å². The Morgan fingerprint density at radius 3 is 1.94 bits per heavy atom. The van der Waals surface area contributed by atoms with Crippen LogP contribution in [0.15, 0.2) is 0 Å². The van der Waals surface area contributed by atoms with Gasteiger partial charge < -0.3 is 0 Å². The molecule has 0 aliphatic carbocycles. The zero-order chi connectivity index (χ0) is 12.6. The minimum atomic E-state index is -0.352. The van der Waals surface area contributed by atoms with Gasteiger partial charge >= 0.3 is 0 Å². The second-order valence-electron chi connectivity index (χ2n) is 3.65. The summed E-state index contributed by atoms with van der Waals surface area (Å²) in [6.07, 6.45) is 3.52. The Hall–Kier alpha value is 1.74. The van der Waals surface area contributed by atoms with Gasteiger partial charge in [-0.2, -0.15) is 0 Å². The zero-order valence-electron chi connectivity index (χ0n) is 8.82. The third kappa shape index (κ3) is 7.95. The first-order valence-corrected chi connectivity index (χ1v) is 8.02. The Bertz CT molecular complexity index is 165. The monoisotopic (exact) mass is 346 g/mol. The minimum absolute atomic E-state index is 0.0196. The van der Waals surface area contributed by atoms with E-state index in [2.05, 4.69) is 0 Å². The molecule has 0 aromatic rings. The van der Waals surface area contributed by atoms with Crippen LogP contribution in [0.3, 0.4) is 0 Å². The normalized spacial score (nSPS) is 19.1. The van der Waals surface area contributed by atoms with Gasteiger partial charge in [0.15, 0.2) is 0 Å². The number of hydrogen-bond acceptors (Lipinski definition) is 0. The molecule has 4 atom stereocenters. The predicted octanol–water partition coefficient (Wildman–Crippen LogP) is 5.45. The summed E-state index contributed by atoms with van der Waals surface area (Å²) in [6.45, 7) is 0. The molecule has 0 fully saturated rings. The summed E-state index contributed by atoms with van der Waals surface area (Å²) in [5.41, 5.74) is 0. The largest absolute Gasteiger partial charge is 0.127 e. The van der Waals surface area contributed by atoms with Gasteiger partial charge in [-0.3, -0.25) is 0 Å². The third-order valence-corrected chi connectivity index (χ3v) is 5.12. The molecule has 0 aromatic carbocycles. The first-order valence-electron chi connectivity index (χ1n) is 5.21. The van der Waals surface area contributed by atoms with Gasteiger partial charge in [0.1, 0.15) is 0 Å². The SMILES string of the molecule is ClCCCCC(Cl)CC(Cl)C(Cl)C(Cl)CCl. The summed E-state index contributed by atoms with van der Waals surface area (Å²) < 4.78 is 0. The fourth-order valence-electron chi connectivity index (χ4n) is 1.26. The number of unbranched alkanes of at least 4 members (excludes halogenated alkanes) is 1. The maximum absolute atomic E-state index is 6.14. The second-order valence-corrected chi connectivity index (χ2v) is 6.58. The predicted molar refractivity (Wildman–Crippen MR) is 78.5 cm³/mol. The van der Waals surface area contributed by atoms with Crippen molar-refractivity contribution in [1.29, 1.82) is 0 Å². The molecule has 0 radical (unpaired) electrons. The molecule has 0 heterocycles. The van der Waals surface area contributed by atoms with Gasteiger partial charge in [0.05, 0.1) is 16.1 Å². The summed E-state index contributed by atoms with van der Waals surface area (Å²) in [5, 5.41) is -0.903. The van der Waals surface area contributed by atoms with Crippen LogP contribution in [0.1, 0.15) is 25.7 Å². The highest BCUT2D eigenvalue weighted by Crippen LogP contribution is 2.26. The molecule has 0 saturated carbocycles. The lowest BCUT2D eigenvalue weighted by molar-refractivity contribution is 0.604. The molecule has 0 spiro atoms. The van der Waals surface area contributed by atoms with Crippen LogP contribution in [0.5, 0.6) is 0 Å². The highest BCUT2D eigenvalue weighted by Gasteiger charge is 2.26. The van der Waals surface area contributed by atoms with Gasteiger partial charge in [-0.05, 0) is 19.3 Å². The van der Waals surface area contributed by atoms with E-state index in [1.165, 1.54) is 0 Å². The van der Waals surface area contributed by atoms with Crippen LogP contribution in [0, 0.1) is 0 Å². The zero-order valence-corrected chi connectivity index (χ0v) is 13.4. The van der Waals surface area contributed by atoms with E-state index in [0.29, 0.717) is 12.3 Å². The van der Waals surface area contributed by atoms with Crippen LogP contribution in [0.25, 0.3) is 0 Å². The molecule has 0 amide bonds. The van der Waals surface area contributed by atoms with Crippen molar-refractivity contribution in [3.8, 4) is 0 Å². The van der Waals surface area contributed by atoms with Gasteiger partial charge in [0, 0.05) is 17.1 Å². The van der Waals surface area contributed by atoms with E-state index in [9.17, 15) is 0 Å². The van der Waals surface area contributed by atoms with E-state index in [4.69, 9.17) is 69.6 Å². The van der Waals surface area contributed by atoms with Gasteiger partial charge in [-0.1, -0.05) is 6.42 Å². The molecule has 0 bridgehead atoms. The first kappa shape index (κ1) is 17.7. The molecule has 0 aliphatic heterocycles. The molecular formula is C10H16Cl6. The molecule has 0 nitrogen and oxygen atoms in total. The van der Waals surface area contributed by atoms with E-state index < -0.39 is 0 Å². The average molecular weight is 349 g/mol. The molecule has 98 valence electrons. The summed E-state index contributed by atoms with van der Waals surface area (Å²) in [5.74, 6) is 0.959. The molecule has 0 N–H and O–H groups in total. The fraction of sp³-hybridized carbons (Fsp3) is 1.00. The van der Waals surface area contributed by atoms with Crippen molar-refractivity contribution in [2.45, 2.75) is 47.2 Å². The maximum atomic E-state index is 6.14. The first-order chi connectivity index (χ1) is 7.52. The van der Waals surface area contributed by atoms with Crippen LogP contribution in [0.4, 0.5) is 0 Å². The lowest BCUT2D eigenvalue weighted by Crippen LogP contribution is -2.28. The van der Waals surface area contributed by atoms with Crippen molar-refractivity contribution in [2.24, 2.45) is 0 Å². The van der Waals surface area contributed by atoms with Crippen LogP contribution in [0.2, 0.25) is 0 Å². The second kappa shape index (κ2) is 10.6. The summed E-state index contributed by atoms with van der Waals surface area (Å²) in [6, 6.07) is 0. The number of hydrogen-bond donors (Lipinski definition) is 0. The Balaban J connectivity index is 3.79. The summed E-state index contributed by atoms with van der Waals surface area (Å²) in [7, 11) is 0. The van der Waals surface area contributed by atoms with Crippen molar-refractivity contribution in [1.82, 2.24) is 0 Å². The van der Waals surface area contributed by atoms with Crippen molar-refractivity contribution in [3.63, 3.8) is 0 Å². The topological polar surface area (TPSA) is 0 Å². The Labute approximate surface area is 128 Å². The number of rotatable bonds is 9. The average Bonchev–Trinajstić information content (AvgIpc) is 2.27. The molecule has 0 rings (SSSR count). The molecule has 4 unspecified atom stereocenters. The smallest absolute Gasteiger partial charge is 0.0675 e. The molecule has 6 heteroatoms. The van der Waals surface area contributed by atoms with Gasteiger partial charge in [-0.15, -0.1) is 69.6 Å². The molecule has 0 aromatic heterocycles. The van der Waals surface area contributed by atoms with E-state index in [1.54, 1.807) is 0 Å². The quantitative estimate of drug-likeness (QED) is 0.383. The Kier molecular flexibility index (Phi) is 11.8. The van der Waals surface area contributed by atoms with Crippen molar-refractivity contribution >= 4 is 69.6 Å². The van der Waals surface area contributed by atoms with Crippen LogP contribution in [-0.4, -0.2) is 33.3 Å². The summed E-state index contributed by atoms with van der Waals surface area (Å²) >= 11 is 35.4. The molecule has 0 saturated heterocycles.